The number of hydrogen-bond acceptors (Lipinski definition) is 6. The second-order valence-corrected chi connectivity index (χ2v) is 13.0. The number of hydrogen-bond donors (Lipinski definition) is 6. The van der Waals surface area contributed by atoms with E-state index >= 15 is 0 Å². The molecule has 14 atom stereocenters. The lowest BCUT2D eigenvalue weighted by atomic mass is 9.43. The minimum atomic E-state index is -0.940. The third-order valence-electron chi connectivity index (χ3n) is 11.2. The molecule has 6 heteroatoms. The van der Waals surface area contributed by atoms with Crippen LogP contribution in [0, 0.1) is 52.3 Å². The van der Waals surface area contributed by atoms with Gasteiger partial charge in [-0.25, -0.2) is 0 Å². The summed E-state index contributed by atoms with van der Waals surface area (Å²) in [5, 5.41) is 64.8. The summed E-state index contributed by atoms with van der Waals surface area (Å²) in [6, 6.07) is 0. The summed E-state index contributed by atoms with van der Waals surface area (Å²) in [5.41, 5.74) is -0.460. The summed E-state index contributed by atoms with van der Waals surface area (Å²) in [6.07, 6.45) is 2.78. The predicted octanol–water partition coefficient (Wildman–Crippen LogP) is 2.32. The van der Waals surface area contributed by atoms with Gasteiger partial charge in [-0.15, -0.1) is 0 Å². The lowest BCUT2D eigenvalue weighted by molar-refractivity contribution is -0.230. The van der Waals surface area contributed by atoms with Crippen molar-refractivity contribution in [2.75, 3.05) is 6.61 Å². The molecule has 4 aliphatic rings. The average Bonchev–Trinajstić information content (AvgIpc) is 2.98. The first-order chi connectivity index (χ1) is 15.5. The summed E-state index contributed by atoms with van der Waals surface area (Å²) in [5.74, 6) is 0.00526. The number of fused-ring (bicyclic) bond motifs is 5. The molecule has 33 heavy (non-hydrogen) atoms. The highest BCUT2D eigenvalue weighted by atomic mass is 16.3. The van der Waals surface area contributed by atoms with E-state index in [9.17, 15) is 30.6 Å². The third kappa shape index (κ3) is 4.01. The largest absolute Gasteiger partial charge is 0.396 e. The van der Waals surface area contributed by atoms with Gasteiger partial charge in [0.25, 0.3) is 0 Å². The summed E-state index contributed by atoms with van der Waals surface area (Å²) in [4.78, 5) is 0. The van der Waals surface area contributed by atoms with Crippen LogP contribution in [0.3, 0.4) is 0 Å². The summed E-state index contributed by atoms with van der Waals surface area (Å²) in [6.45, 7) is 8.84. The Bertz CT molecular complexity index is 688. The Kier molecular flexibility index (Phi) is 7.30. The van der Waals surface area contributed by atoms with Gasteiger partial charge in [-0.2, -0.15) is 0 Å². The highest BCUT2D eigenvalue weighted by molar-refractivity contribution is 5.17. The van der Waals surface area contributed by atoms with E-state index in [1.165, 1.54) is 0 Å². The van der Waals surface area contributed by atoms with Crippen molar-refractivity contribution in [2.24, 2.45) is 52.3 Å². The van der Waals surface area contributed by atoms with Crippen molar-refractivity contribution in [2.45, 2.75) is 110 Å². The van der Waals surface area contributed by atoms with E-state index in [2.05, 4.69) is 20.8 Å². The van der Waals surface area contributed by atoms with Gasteiger partial charge in [0.05, 0.1) is 30.5 Å². The van der Waals surface area contributed by atoms with Crippen LogP contribution in [-0.2, 0) is 0 Å². The Morgan fingerprint density at radius 1 is 0.788 bits per heavy atom. The molecule has 192 valence electrons. The summed E-state index contributed by atoms with van der Waals surface area (Å²) >= 11 is 0. The second kappa shape index (κ2) is 9.33. The topological polar surface area (TPSA) is 121 Å². The minimum Gasteiger partial charge on any atom is -0.396 e. The Labute approximate surface area is 199 Å². The SMILES string of the molecule is CC(CO)CCC[C@@H](C)[C@H]1[C@@H](O)[C@H](O)C2C3C(CC[C@@]21C)[C@@]1(C)CC[C@H](O)C[C@@H]1[C@H](O)[C@H]3O. The molecule has 4 saturated carbocycles. The van der Waals surface area contributed by atoms with Gasteiger partial charge in [0.15, 0.2) is 0 Å². The molecule has 0 radical (unpaired) electrons. The minimum absolute atomic E-state index is 0.0501. The van der Waals surface area contributed by atoms with Crippen molar-refractivity contribution in [1.29, 1.82) is 0 Å². The normalized spacial score (nSPS) is 53.6. The van der Waals surface area contributed by atoms with Crippen molar-refractivity contribution >= 4 is 0 Å². The maximum absolute atomic E-state index is 11.4. The first-order valence-corrected chi connectivity index (χ1v) is 13.5. The van der Waals surface area contributed by atoms with Crippen LogP contribution >= 0.6 is 0 Å². The first kappa shape index (κ1) is 25.8. The van der Waals surface area contributed by atoms with Crippen LogP contribution < -0.4 is 0 Å². The molecule has 0 aromatic carbocycles. The molecule has 6 N–H and O–H groups in total. The lowest BCUT2D eigenvalue weighted by Crippen LogP contribution is -2.65. The standard InChI is InChI=1S/C27H48O6/c1-14(13-28)6-5-7-15(2)20-24(32)25(33)21-19-17(9-11-27(20,21)4)26(3)10-8-16(29)12-18(26)22(30)23(19)31/h14-25,28-33H,5-13H2,1-4H3/t14?,15-,16+,17?,18-,19?,20+,21?,22+,23+,24-,25-,26-,27-/m1/s1. The Morgan fingerprint density at radius 2 is 1.45 bits per heavy atom. The van der Waals surface area contributed by atoms with Crippen molar-refractivity contribution < 1.29 is 30.6 Å². The van der Waals surface area contributed by atoms with E-state index < -0.39 is 30.5 Å². The molecule has 4 unspecified atom stereocenters. The van der Waals surface area contributed by atoms with Gasteiger partial charge in [0, 0.05) is 6.61 Å². The van der Waals surface area contributed by atoms with Gasteiger partial charge < -0.3 is 30.6 Å². The third-order valence-corrected chi connectivity index (χ3v) is 11.2. The van der Waals surface area contributed by atoms with Gasteiger partial charge in [-0.05, 0) is 90.8 Å². The average molecular weight is 469 g/mol. The fourth-order valence-electron chi connectivity index (χ4n) is 9.40. The van der Waals surface area contributed by atoms with Crippen LogP contribution in [0.2, 0.25) is 0 Å². The second-order valence-electron chi connectivity index (χ2n) is 13.0. The highest BCUT2D eigenvalue weighted by Gasteiger charge is 2.69. The molecule has 0 aliphatic heterocycles. The number of aliphatic hydroxyl groups is 6. The molecule has 0 amide bonds. The van der Waals surface area contributed by atoms with E-state index in [0.717, 1.165) is 44.9 Å². The van der Waals surface area contributed by atoms with Gasteiger partial charge >= 0.3 is 0 Å². The van der Waals surface area contributed by atoms with Crippen molar-refractivity contribution in [3.8, 4) is 0 Å². The molecule has 0 aromatic heterocycles. The van der Waals surface area contributed by atoms with E-state index in [4.69, 9.17) is 0 Å². The molecule has 6 nitrogen and oxygen atoms in total. The fraction of sp³-hybridized carbons (Fsp3) is 1.00. The maximum Gasteiger partial charge on any atom is 0.0839 e. The number of aliphatic hydroxyl groups excluding tert-OH is 6. The Balaban J connectivity index is 1.60. The van der Waals surface area contributed by atoms with Gasteiger partial charge in [-0.1, -0.05) is 40.5 Å². The molecular weight excluding hydrogens is 420 g/mol. The molecule has 0 bridgehead atoms. The predicted molar refractivity (Wildman–Crippen MR) is 126 cm³/mol. The molecule has 0 aromatic rings. The lowest BCUT2D eigenvalue weighted by Gasteiger charge is -2.63. The molecule has 0 saturated heterocycles. The summed E-state index contributed by atoms with van der Waals surface area (Å²) in [7, 11) is 0. The van der Waals surface area contributed by atoms with Crippen LogP contribution in [0.25, 0.3) is 0 Å². The molecule has 4 rings (SSSR count). The maximum atomic E-state index is 11.4. The van der Waals surface area contributed by atoms with Gasteiger partial charge in [-0.3, -0.25) is 0 Å². The zero-order valence-electron chi connectivity index (χ0n) is 21.0. The smallest absolute Gasteiger partial charge is 0.0839 e. The van der Waals surface area contributed by atoms with Crippen LogP contribution in [0.15, 0.2) is 0 Å². The van der Waals surface area contributed by atoms with Gasteiger partial charge in [0.1, 0.15) is 0 Å². The van der Waals surface area contributed by atoms with Crippen LogP contribution in [0.5, 0.6) is 0 Å². The van der Waals surface area contributed by atoms with Crippen molar-refractivity contribution in [1.82, 2.24) is 0 Å². The molecule has 0 heterocycles. The van der Waals surface area contributed by atoms with Gasteiger partial charge in [0.2, 0.25) is 0 Å². The van der Waals surface area contributed by atoms with Crippen LogP contribution in [0.1, 0.15) is 79.1 Å². The molecule has 0 spiro atoms. The van der Waals surface area contributed by atoms with E-state index in [1.807, 2.05) is 6.92 Å². The van der Waals surface area contributed by atoms with Crippen molar-refractivity contribution in [3.63, 3.8) is 0 Å². The van der Waals surface area contributed by atoms with E-state index in [0.29, 0.717) is 6.42 Å². The number of rotatable bonds is 6. The highest BCUT2D eigenvalue weighted by Crippen LogP contribution is 2.68. The monoisotopic (exact) mass is 468 g/mol. The molecular formula is C27H48O6. The quantitative estimate of drug-likeness (QED) is 0.356. The Morgan fingerprint density at radius 3 is 2.12 bits per heavy atom. The zero-order chi connectivity index (χ0) is 24.3. The molecule has 4 fully saturated rings. The van der Waals surface area contributed by atoms with Crippen molar-refractivity contribution in [3.05, 3.63) is 0 Å². The van der Waals surface area contributed by atoms with E-state index in [-0.39, 0.29) is 58.9 Å². The first-order valence-electron chi connectivity index (χ1n) is 13.5. The Hall–Kier alpha value is -0.240. The van der Waals surface area contributed by atoms with Crippen LogP contribution in [-0.4, -0.2) is 67.8 Å². The fourth-order valence-corrected chi connectivity index (χ4v) is 9.40. The molecule has 4 aliphatic carbocycles. The zero-order valence-corrected chi connectivity index (χ0v) is 21.0. The van der Waals surface area contributed by atoms with Crippen LogP contribution in [0.4, 0.5) is 0 Å². The van der Waals surface area contributed by atoms with E-state index in [1.54, 1.807) is 0 Å². The summed E-state index contributed by atoms with van der Waals surface area (Å²) < 4.78 is 0.